The molecule has 0 fully saturated rings. The van der Waals surface area contributed by atoms with Crippen molar-refractivity contribution in [2.75, 3.05) is 0 Å². The van der Waals surface area contributed by atoms with Crippen LogP contribution in [0.2, 0.25) is 0 Å². The molecule has 0 aromatic heterocycles. The van der Waals surface area contributed by atoms with E-state index in [0.717, 1.165) is 0 Å². The summed E-state index contributed by atoms with van der Waals surface area (Å²) < 4.78 is 0. The van der Waals surface area contributed by atoms with Gasteiger partial charge in [0, 0.05) is 0 Å². The van der Waals surface area contributed by atoms with Crippen LogP contribution in [0.25, 0.3) is 0 Å². The SMILES string of the molecule is N#Cc1ccccc1.[BH3-]C#N.[Na+]. The first-order valence-electron chi connectivity index (χ1n) is 2.61. The third kappa shape index (κ3) is 7.37. The van der Waals surface area contributed by atoms with Gasteiger partial charge in [-0.05, 0) is 12.1 Å². The summed E-state index contributed by atoms with van der Waals surface area (Å²) in [7, 11) is 0.0694. The van der Waals surface area contributed by atoms with Crippen molar-refractivity contribution in [2.45, 2.75) is 0 Å². The van der Waals surface area contributed by atoms with Gasteiger partial charge < -0.3 is 0 Å². The summed E-state index contributed by atoms with van der Waals surface area (Å²) in [5, 5.41) is 15.7. The largest absolute Gasteiger partial charge is 1.00 e. The molecule has 0 saturated heterocycles. The van der Waals surface area contributed by atoms with Gasteiger partial charge in [0.15, 0.2) is 0 Å². The van der Waals surface area contributed by atoms with Gasteiger partial charge in [-0.2, -0.15) is 11.2 Å². The molecule has 0 amide bonds. The minimum Gasteiger partial charge on any atom is -0.251 e. The van der Waals surface area contributed by atoms with Crippen LogP contribution in [-0.4, -0.2) is 7.85 Å². The van der Waals surface area contributed by atoms with Crippen molar-refractivity contribution in [3.63, 3.8) is 0 Å². The van der Waals surface area contributed by atoms with E-state index in [1.165, 1.54) is 0 Å². The molecule has 0 bridgehead atoms. The summed E-state index contributed by atoms with van der Waals surface area (Å²) in [6.07, 6.45) is 0. The normalized spacial score (nSPS) is 5.92. The zero-order valence-electron chi connectivity index (χ0n) is 6.28. The predicted octanol–water partition coefficient (Wildman–Crippen LogP) is -2.60. The van der Waals surface area contributed by atoms with Gasteiger partial charge in [-0.25, -0.2) is 0 Å². The van der Waals surface area contributed by atoms with E-state index in [2.05, 4.69) is 0 Å². The van der Waals surface area contributed by atoms with E-state index in [0.29, 0.717) is 5.56 Å². The molecule has 0 heterocycles. The Bertz CT molecular complexity index is 273. The second-order valence-corrected chi connectivity index (χ2v) is 1.48. The van der Waals surface area contributed by atoms with Gasteiger partial charge in [-0.3, -0.25) is 5.26 Å². The predicted molar refractivity (Wildman–Crippen MR) is 46.7 cm³/mol. The van der Waals surface area contributed by atoms with Gasteiger partial charge in [0.2, 0.25) is 0 Å². The Hall–Kier alpha value is -0.735. The number of nitriles is 2. The molecule has 4 heteroatoms. The van der Waals surface area contributed by atoms with Crippen molar-refractivity contribution in [2.24, 2.45) is 0 Å². The Morgan fingerprint density at radius 1 is 1.08 bits per heavy atom. The van der Waals surface area contributed by atoms with Gasteiger partial charge in [0.1, 0.15) is 0 Å². The summed E-state index contributed by atoms with van der Waals surface area (Å²) in [5.41, 5.74) is 0.715. The van der Waals surface area contributed by atoms with Crippen molar-refractivity contribution in [1.82, 2.24) is 0 Å². The Balaban J connectivity index is 0. The Labute approximate surface area is 95.5 Å². The van der Waals surface area contributed by atoms with Crippen molar-refractivity contribution in [3.8, 4) is 12.0 Å². The van der Waals surface area contributed by atoms with Crippen LogP contribution in [-0.2, 0) is 0 Å². The summed E-state index contributed by atoms with van der Waals surface area (Å²) >= 11 is 0. The first kappa shape index (κ1) is 13.8. The smallest absolute Gasteiger partial charge is 0.251 e. The summed E-state index contributed by atoms with van der Waals surface area (Å²) in [5.74, 6) is 2.00. The molecule has 0 atom stereocenters. The number of rotatable bonds is 0. The van der Waals surface area contributed by atoms with E-state index in [4.69, 9.17) is 10.5 Å². The van der Waals surface area contributed by atoms with Crippen LogP contribution in [0, 0.1) is 22.6 Å². The number of hydrogen-bond donors (Lipinski definition) is 0. The fraction of sp³-hybridized carbons (Fsp3) is 0. The van der Waals surface area contributed by atoms with Gasteiger partial charge in [-0.15, -0.1) is 0 Å². The first-order valence-corrected chi connectivity index (χ1v) is 2.61. The molecule has 0 aliphatic carbocycles. The van der Waals surface area contributed by atoms with E-state index < -0.39 is 0 Å². The third-order valence-corrected chi connectivity index (χ3v) is 0.903. The maximum atomic E-state index is 8.29. The van der Waals surface area contributed by atoms with Crippen LogP contribution in [0.5, 0.6) is 0 Å². The van der Waals surface area contributed by atoms with E-state index in [1.807, 2.05) is 30.2 Å². The van der Waals surface area contributed by atoms with Crippen LogP contribution < -0.4 is 29.6 Å². The molecular formula is C8H8BN2Na. The van der Waals surface area contributed by atoms with Crippen molar-refractivity contribution < 1.29 is 29.6 Å². The fourth-order valence-corrected chi connectivity index (χ4v) is 0.513. The fourth-order valence-electron chi connectivity index (χ4n) is 0.513. The topological polar surface area (TPSA) is 47.6 Å². The number of hydrogen-bond acceptors (Lipinski definition) is 2. The molecule has 0 saturated carbocycles. The van der Waals surface area contributed by atoms with Crippen LogP contribution in [0.15, 0.2) is 30.3 Å². The first-order chi connectivity index (χ1) is 5.35. The van der Waals surface area contributed by atoms with Crippen LogP contribution >= 0.6 is 0 Å². The van der Waals surface area contributed by atoms with Gasteiger partial charge >= 0.3 is 29.6 Å². The second-order valence-electron chi connectivity index (χ2n) is 1.48. The Kier molecular flexibility index (Phi) is 11.8. The molecule has 54 valence electrons. The maximum absolute atomic E-state index is 8.29. The minimum atomic E-state index is 0. The van der Waals surface area contributed by atoms with Gasteiger partial charge in [-0.1, -0.05) is 18.2 Å². The zero-order chi connectivity index (χ0) is 8.53. The molecule has 0 spiro atoms. The van der Waals surface area contributed by atoms with Gasteiger partial charge in [0.25, 0.3) is 0 Å². The average molecular weight is 166 g/mol. The van der Waals surface area contributed by atoms with Crippen LogP contribution in [0.3, 0.4) is 0 Å². The quantitative estimate of drug-likeness (QED) is 0.396. The summed E-state index contributed by atoms with van der Waals surface area (Å²) in [6.45, 7) is 0. The summed E-state index contributed by atoms with van der Waals surface area (Å²) in [4.78, 5) is 0. The molecule has 0 unspecified atom stereocenters. The Morgan fingerprint density at radius 3 is 1.75 bits per heavy atom. The molecule has 2 nitrogen and oxygen atoms in total. The molecule has 12 heavy (non-hydrogen) atoms. The van der Waals surface area contributed by atoms with Crippen LogP contribution in [0.1, 0.15) is 5.56 Å². The molecule has 1 aromatic carbocycles. The molecule has 0 radical (unpaired) electrons. The zero-order valence-corrected chi connectivity index (χ0v) is 8.28. The molecule has 0 aliphatic rings. The van der Waals surface area contributed by atoms with Crippen molar-refractivity contribution >= 4 is 7.85 Å². The second kappa shape index (κ2) is 10.3. The third-order valence-electron chi connectivity index (χ3n) is 0.903. The van der Waals surface area contributed by atoms with Crippen molar-refractivity contribution in [3.05, 3.63) is 35.9 Å². The number of benzene rings is 1. The standard InChI is InChI=1S/C7H5N.CH3BN.Na/c8-6-7-4-2-1-3-5-7;2-1-3;/h1-5H;2H3;/q;-1;+1. The molecule has 0 aliphatic heterocycles. The van der Waals surface area contributed by atoms with E-state index >= 15 is 0 Å². The minimum absolute atomic E-state index is 0. The van der Waals surface area contributed by atoms with E-state index in [-0.39, 0.29) is 37.4 Å². The van der Waals surface area contributed by atoms with Crippen LogP contribution in [0.4, 0.5) is 0 Å². The van der Waals surface area contributed by atoms with Crippen molar-refractivity contribution in [1.29, 1.82) is 10.5 Å². The van der Waals surface area contributed by atoms with E-state index in [1.54, 1.807) is 12.1 Å². The molecule has 0 N–H and O–H groups in total. The van der Waals surface area contributed by atoms with Gasteiger partial charge in [0.05, 0.1) is 19.5 Å². The molecule has 1 rings (SSSR count). The monoisotopic (exact) mass is 166 g/mol. The molecular weight excluding hydrogens is 158 g/mol. The molecule has 1 aromatic rings. The Morgan fingerprint density at radius 2 is 1.50 bits per heavy atom. The maximum Gasteiger partial charge on any atom is 1.00 e. The average Bonchev–Trinajstić information content (AvgIpc) is 2.08. The summed E-state index contributed by atoms with van der Waals surface area (Å²) in [6, 6.07) is 11.2. The van der Waals surface area contributed by atoms with E-state index in [9.17, 15) is 0 Å². The number of nitrogens with zero attached hydrogens (tertiary/aromatic N) is 2.